The number of alkyl carbamates (subject to hydrolysis) is 1. The smallest absolute Gasteiger partial charge is 0.407 e. The molecule has 7 heteroatoms. The standard InChI is InChI=1S/C23H29N3O4/c1-16(25-23(29)30-15-17-8-3-2-4-9-17)7-5-6-14-24-21-19(22(27)28)12-13-20(26-21)18-10-11-18/h2-4,8-9,12-13,16,18H,5-7,10-11,14-15H2,1H3,(H,24,26)(H,25,29)(H,27,28). The van der Waals surface area contributed by atoms with Gasteiger partial charge in [0.25, 0.3) is 0 Å². The monoisotopic (exact) mass is 411 g/mol. The van der Waals surface area contributed by atoms with Crippen LogP contribution in [0.3, 0.4) is 0 Å². The second kappa shape index (κ2) is 10.6. The molecule has 3 N–H and O–H groups in total. The van der Waals surface area contributed by atoms with Crippen LogP contribution in [0, 0.1) is 0 Å². The second-order valence-corrected chi connectivity index (χ2v) is 7.74. The Morgan fingerprint density at radius 1 is 1.17 bits per heavy atom. The van der Waals surface area contributed by atoms with Crippen molar-refractivity contribution in [2.24, 2.45) is 0 Å². The summed E-state index contributed by atoms with van der Waals surface area (Å²) in [6.07, 6.45) is 4.37. The minimum absolute atomic E-state index is 0.000765. The van der Waals surface area contributed by atoms with E-state index in [0.717, 1.165) is 43.4 Å². The van der Waals surface area contributed by atoms with Crippen LogP contribution in [0.4, 0.5) is 10.6 Å². The van der Waals surface area contributed by atoms with Crippen molar-refractivity contribution in [3.63, 3.8) is 0 Å². The molecule has 0 spiro atoms. The number of benzene rings is 1. The average Bonchev–Trinajstić information content (AvgIpc) is 3.58. The van der Waals surface area contributed by atoms with E-state index in [1.165, 1.54) is 0 Å². The van der Waals surface area contributed by atoms with Gasteiger partial charge in [0.2, 0.25) is 0 Å². The van der Waals surface area contributed by atoms with Crippen LogP contribution in [-0.2, 0) is 11.3 Å². The lowest BCUT2D eigenvalue weighted by molar-refractivity contribution is 0.0697. The van der Waals surface area contributed by atoms with Crippen LogP contribution in [0.2, 0.25) is 0 Å². The maximum Gasteiger partial charge on any atom is 0.407 e. The molecule has 30 heavy (non-hydrogen) atoms. The van der Waals surface area contributed by atoms with Crippen molar-refractivity contribution in [2.45, 2.75) is 57.6 Å². The highest BCUT2D eigenvalue weighted by atomic mass is 16.5. The first-order valence-corrected chi connectivity index (χ1v) is 10.5. The van der Waals surface area contributed by atoms with Gasteiger partial charge in [0, 0.05) is 24.2 Å². The number of nitrogens with zero attached hydrogens (tertiary/aromatic N) is 1. The Balaban J connectivity index is 1.34. The molecule has 2 aromatic rings. The molecule has 1 aromatic carbocycles. The van der Waals surface area contributed by atoms with Crippen LogP contribution in [0.15, 0.2) is 42.5 Å². The van der Waals surface area contributed by atoms with Crippen molar-refractivity contribution in [1.29, 1.82) is 0 Å². The first kappa shape index (κ1) is 21.6. The summed E-state index contributed by atoms with van der Waals surface area (Å²) in [6, 6.07) is 13.0. The van der Waals surface area contributed by atoms with Crippen LogP contribution in [0.25, 0.3) is 0 Å². The quantitative estimate of drug-likeness (QED) is 0.469. The molecule has 1 saturated carbocycles. The van der Waals surface area contributed by atoms with Gasteiger partial charge in [-0.15, -0.1) is 0 Å². The highest BCUT2D eigenvalue weighted by Gasteiger charge is 2.26. The number of carboxylic acids is 1. The number of rotatable bonds is 11. The van der Waals surface area contributed by atoms with Crippen molar-refractivity contribution in [2.75, 3.05) is 11.9 Å². The predicted molar refractivity (Wildman–Crippen MR) is 115 cm³/mol. The number of anilines is 1. The normalized spacial score (nSPS) is 14.0. The molecule has 1 aliphatic rings. The van der Waals surface area contributed by atoms with Gasteiger partial charge in [0.15, 0.2) is 0 Å². The number of carboxylic acid groups (broad SMARTS) is 1. The summed E-state index contributed by atoms with van der Waals surface area (Å²) in [4.78, 5) is 27.8. The van der Waals surface area contributed by atoms with Crippen LogP contribution in [0.1, 0.15) is 66.6 Å². The molecule has 160 valence electrons. The summed E-state index contributed by atoms with van der Waals surface area (Å²) in [5.41, 5.74) is 2.12. The van der Waals surface area contributed by atoms with E-state index in [-0.39, 0.29) is 18.2 Å². The van der Waals surface area contributed by atoms with Gasteiger partial charge in [-0.3, -0.25) is 0 Å². The minimum atomic E-state index is -0.973. The van der Waals surface area contributed by atoms with E-state index < -0.39 is 12.1 Å². The summed E-state index contributed by atoms with van der Waals surface area (Å²) in [7, 11) is 0. The fourth-order valence-corrected chi connectivity index (χ4v) is 3.21. The number of amides is 1. The highest BCUT2D eigenvalue weighted by Crippen LogP contribution is 2.39. The molecule has 1 unspecified atom stereocenters. The summed E-state index contributed by atoms with van der Waals surface area (Å²) < 4.78 is 5.23. The molecule has 1 fully saturated rings. The largest absolute Gasteiger partial charge is 0.478 e. The molecule has 1 heterocycles. The molecule has 7 nitrogen and oxygen atoms in total. The molecule has 1 amide bonds. The first-order valence-electron chi connectivity index (χ1n) is 10.5. The Hall–Kier alpha value is -3.09. The number of unbranched alkanes of at least 4 members (excludes halogenated alkanes) is 1. The third-order valence-electron chi connectivity index (χ3n) is 5.08. The number of carbonyl (C=O) groups is 2. The predicted octanol–water partition coefficient (Wildman–Crippen LogP) is 4.55. The van der Waals surface area contributed by atoms with E-state index in [1.54, 1.807) is 6.07 Å². The molecule has 0 aliphatic heterocycles. The topological polar surface area (TPSA) is 101 Å². The maximum absolute atomic E-state index is 11.9. The van der Waals surface area contributed by atoms with Gasteiger partial charge in [-0.05, 0) is 56.7 Å². The number of carbonyl (C=O) groups excluding carboxylic acids is 1. The fourth-order valence-electron chi connectivity index (χ4n) is 3.21. The van der Waals surface area contributed by atoms with Gasteiger partial charge >= 0.3 is 12.1 Å². The number of aromatic nitrogens is 1. The third-order valence-corrected chi connectivity index (χ3v) is 5.08. The average molecular weight is 412 g/mol. The van der Waals surface area contributed by atoms with E-state index in [9.17, 15) is 14.7 Å². The molecular weight excluding hydrogens is 382 g/mol. The number of ether oxygens (including phenoxy) is 1. The zero-order chi connectivity index (χ0) is 21.3. The van der Waals surface area contributed by atoms with Gasteiger partial charge in [0.05, 0.1) is 0 Å². The maximum atomic E-state index is 11.9. The summed E-state index contributed by atoms with van der Waals surface area (Å²) in [6.45, 7) is 2.83. The first-order chi connectivity index (χ1) is 14.5. The summed E-state index contributed by atoms with van der Waals surface area (Å²) in [5.74, 6) is -0.0521. The van der Waals surface area contributed by atoms with Crippen LogP contribution >= 0.6 is 0 Å². The zero-order valence-corrected chi connectivity index (χ0v) is 17.3. The zero-order valence-electron chi connectivity index (χ0n) is 17.3. The summed E-state index contributed by atoms with van der Waals surface area (Å²) in [5, 5.41) is 15.4. The molecule has 0 radical (unpaired) electrons. The van der Waals surface area contributed by atoms with E-state index >= 15 is 0 Å². The van der Waals surface area contributed by atoms with Gasteiger partial charge in [-0.1, -0.05) is 30.3 Å². The molecular formula is C23H29N3O4. The fraction of sp³-hybridized carbons (Fsp3) is 0.435. The minimum Gasteiger partial charge on any atom is -0.478 e. The van der Waals surface area contributed by atoms with E-state index in [1.807, 2.05) is 43.3 Å². The highest BCUT2D eigenvalue weighted by molar-refractivity contribution is 5.93. The Labute approximate surface area is 176 Å². The Morgan fingerprint density at radius 2 is 1.93 bits per heavy atom. The molecule has 3 rings (SSSR count). The summed E-state index contributed by atoms with van der Waals surface area (Å²) >= 11 is 0. The van der Waals surface area contributed by atoms with Crippen molar-refractivity contribution >= 4 is 17.9 Å². The number of aromatic carboxylic acids is 1. The SMILES string of the molecule is CC(CCCCNc1nc(C2CC2)ccc1C(=O)O)NC(=O)OCc1ccccc1. The van der Waals surface area contributed by atoms with Crippen molar-refractivity contribution < 1.29 is 19.4 Å². The molecule has 0 bridgehead atoms. The molecule has 1 atom stereocenters. The number of hydrogen-bond donors (Lipinski definition) is 3. The van der Waals surface area contributed by atoms with E-state index in [4.69, 9.17) is 4.74 Å². The number of nitrogens with one attached hydrogen (secondary N) is 2. The van der Waals surface area contributed by atoms with Gasteiger partial charge < -0.3 is 20.5 Å². The Morgan fingerprint density at radius 3 is 2.63 bits per heavy atom. The molecule has 1 aliphatic carbocycles. The second-order valence-electron chi connectivity index (χ2n) is 7.74. The van der Waals surface area contributed by atoms with Crippen molar-refractivity contribution in [1.82, 2.24) is 10.3 Å². The van der Waals surface area contributed by atoms with Gasteiger partial charge in [-0.2, -0.15) is 0 Å². The van der Waals surface area contributed by atoms with Gasteiger partial charge in [0.1, 0.15) is 18.0 Å². The molecule has 1 aromatic heterocycles. The van der Waals surface area contributed by atoms with Crippen LogP contribution in [-0.4, -0.2) is 34.7 Å². The number of pyridine rings is 1. The Kier molecular flexibility index (Phi) is 7.65. The lowest BCUT2D eigenvalue weighted by atomic mass is 10.1. The third kappa shape index (κ3) is 6.76. The van der Waals surface area contributed by atoms with Gasteiger partial charge in [-0.25, -0.2) is 14.6 Å². The van der Waals surface area contributed by atoms with Crippen LogP contribution < -0.4 is 10.6 Å². The van der Waals surface area contributed by atoms with Crippen LogP contribution in [0.5, 0.6) is 0 Å². The lowest BCUT2D eigenvalue weighted by Crippen LogP contribution is -2.33. The van der Waals surface area contributed by atoms with E-state index in [0.29, 0.717) is 18.3 Å². The lowest BCUT2D eigenvalue weighted by Gasteiger charge is -2.14. The van der Waals surface area contributed by atoms with Crippen molar-refractivity contribution in [3.05, 3.63) is 59.3 Å². The molecule has 0 saturated heterocycles. The Bertz CT molecular complexity index is 853. The van der Waals surface area contributed by atoms with E-state index in [2.05, 4.69) is 15.6 Å². The van der Waals surface area contributed by atoms with Crippen molar-refractivity contribution in [3.8, 4) is 0 Å². The number of hydrogen-bond acceptors (Lipinski definition) is 5.